The highest BCUT2D eigenvalue weighted by Gasteiger charge is 2.14. The van der Waals surface area contributed by atoms with Gasteiger partial charge < -0.3 is 10.1 Å². The molecule has 1 N–H and O–H groups in total. The minimum atomic E-state index is -0.406. The van der Waals surface area contributed by atoms with Crippen molar-refractivity contribution in [2.75, 3.05) is 12.4 Å². The van der Waals surface area contributed by atoms with Crippen molar-refractivity contribution in [2.45, 2.75) is 13.5 Å². The largest absolute Gasteiger partial charge is 0.497 e. The normalized spacial score (nSPS) is 10.1. The third kappa shape index (κ3) is 3.26. The van der Waals surface area contributed by atoms with E-state index in [1.807, 2.05) is 31.2 Å². The van der Waals surface area contributed by atoms with Gasteiger partial charge in [0.2, 0.25) is 0 Å². The number of nitrogens with zero attached hydrogens (tertiary/aromatic N) is 1. The SMILES string of the molecule is COc1ccc([N+](=O)[O-])c(NCc2ccc(C)cc2)c1. The summed E-state index contributed by atoms with van der Waals surface area (Å²) in [7, 11) is 1.53. The molecule has 0 fully saturated rings. The third-order valence-corrected chi connectivity index (χ3v) is 3.00. The lowest BCUT2D eigenvalue weighted by molar-refractivity contribution is -0.384. The van der Waals surface area contributed by atoms with Crippen LogP contribution in [0.2, 0.25) is 0 Å². The van der Waals surface area contributed by atoms with Gasteiger partial charge in [-0.25, -0.2) is 0 Å². The molecule has 0 radical (unpaired) electrons. The molecule has 2 aromatic rings. The molecule has 5 nitrogen and oxygen atoms in total. The fourth-order valence-electron chi connectivity index (χ4n) is 1.85. The maximum atomic E-state index is 11.0. The van der Waals surface area contributed by atoms with Gasteiger partial charge in [0.25, 0.3) is 5.69 Å². The Bertz CT molecular complexity index is 609. The third-order valence-electron chi connectivity index (χ3n) is 3.00. The number of rotatable bonds is 5. The van der Waals surface area contributed by atoms with E-state index in [0.717, 1.165) is 5.56 Å². The van der Waals surface area contributed by atoms with E-state index in [9.17, 15) is 10.1 Å². The molecule has 0 saturated heterocycles. The molecule has 0 atom stereocenters. The molecule has 0 unspecified atom stereocenters. The standard InChI is InChI=1S/C15H16N2O3/c1-11-3-5-12(6-4-11)10-16-14-9-13(20-2)7-8-15(14)17(18)19/h3-9,16H,10H2,1-2H3. The molecule has 0 heterocycles. The summed E-state index contributed by atoms with van der Waals surface area (Å²) in [5, 5.41) is 14.1. The summed E-state index contributed by atoms with van der Waals surface area (Å²) in [5.41, 5.74) is 2.74. The van der Waals surface area contributed by atoms with Gasteiger partial charge in [-0.2, -0.15) is 0 Å². The Kier molecular flexibility index (Phi) is 4.20. The first-order valence-electron chi connectivity index (χ1n) is 6.22. The maximum absolute atomic E-state index is 11.0. The zero-order valence-electron chi connectivity index (χ0n) is 11.4. The Labute approximate surface area is 117 Å². The average Bonchev–Trinajstić information content (AvgIpc) is 2.46. The van der Waals surface area contributed by atoms with Crippen molar-refractivity contribution in [2.24, 2.45) is 0 Å². The molecule has 5 heteroatoms. The van der Waals surface area contributed by atoms with Crippen molar-refractivity contribution in [3.05, 3.63) is 63.7 Å². The highest BCUT2D eigenvalue weighted by Crippen LogP contribution is 2.29. The van der Waals surface area contributed by atoms with Crippen molar-refractivity contribution < 1.29 is 9.66 Å². The first-order valence-corrected chi connectivity index (χ1v) is 6.22. The van der Waals surface area contributed by atoms with Crippen LogP contribution in [0.5, 0.6) is 5.75 Å². The Morgan fingerprint density at radius 2 is 1.90 bits per heavy atom. The molecular formula is C15H16N2O3. The van der Waals surface area contributed by atoms with Crippen LogP contribution in [0.3, 0.4) is 0 Å². The van der Waals surface area contributed by atoms with Gasteiger partial charge in [0.15, 0.2) is 0 Å². The molecular weight excluding hydrogens is 256 g/mol. The number of ether oxygens (including phenoxy) is 1. The monoisotopic (exact) mass is 272 g/mol. The Balaban J connectivity index is 2.18. The summed E-state index contributed by atoms with van der Waals surface area (Å²) in [5.74, 6) is 0.585. The first kappa shape index (κ1) is 13.9. The van der Waals surface area contributed by atoms with Gasteiger partial charge in [0.05, 0.1) is 12.0 Å². The van der Waals surface area contributed by atoms with Crippen molar-refractivity contribution in [3.8, 4) is 5.75 Å². The zero-order valence-corrected chi connectivity index (χ0v) is 11.4. The molecule has 0 aromatic heterocycles. The summed E-state index contributed by atoms with van der Waals surface area (Å²) in [6.45, 7) is 2.54. The van der Waals surface area contributed by atoms with E-state index in [-0.39, 0.29) is 5.69 Å². The van der Waals surface area contributed by atoms with Gasteiger partial charge in [-0.05, 0) is 18.6 Å². The summed E-state index contributed by atoms with van der Waals surface area (Å²) in [4.78, 5) is 10.6. The number of aryl methyl sites for hydroxylation is 1. The van der Waals surface area contributed by atoms with Gasteiger partial charge in [-0.3, -0.25) is 10.1 Å². The van der Waals surface area contributed by atoms with Gasteiger partial charge in [0.1, 0.15) is 11.4 Å². The lowest BCUT2D eigenvalue weighted by Crippen LogP contribution is -2.03. The summed E-state index contributed by atoms with van der Waals surface area (Å²) in [6, 6.07) is 12.7. The fraction of sp³-hybridized carbons (Fsp3) is 0.200. The summed E-state index contributed by atoms with van der Waals surface area (Å²) >= 11 is 0. The van der Waals surface area contributed by atoms with Crippen LogP contribution in [0, 0.1) is 17.0 Å². The first-order chi connectivity index (χ1) is 9.60. The Morgan fingerprint density at radius 3 is 2.50 bits per heavy atom. The van der Waals surface area contributed by atoms with Crippen molar-refractivity contribution in [3.63, 3.8) is 0 Å². The lowest BCUT2D eigenvalue weighted by atomic mass is 10.1. The van der Waals surface area contributed by atoms with Crippen LogP contribution < -0.4 is 10.1 Å². The summed E-state index contributed by atoms with van der Waals surface area (Å²) in [6.07, 6.45) is 0. The van der Waals surface area contributed by atoms with Crippen LogP contribution in [0.1, 0.15) is 11.1 Å². The maximum Gasteiger partial charge on any atom is 0.292 e. The van der Waals surface area contributed by atoms with Gasteiger partial charge >= 0.3 is 0 Å². The molecule has 104 valence electrons. The molecule has 0 aliphatic heterocycles. The molecule has 0 aliphatic rings. The molecule has 0 bridgehead atoms. The quantitative estimate of drug-likeness (QED) is 0.668. The van der Waals surface area contributed by atoms with Gasteiger partial charge in [0, 0.05) is 18.7 Å². The number of nitro benzene ring substituents is 1. The number of anilines is 1. The second-order valence-electron chi connectivity index (χ2n) is 4.48. The van der Waals surface area contributed by atoms with Crippen LogP contribution in [-0.4, -0.2) is 12.0 Å². The van der Waals surface area contributed by atoms with E-state index < -0.39 is 4.92 Å². The molecule has 0 aliphatic carbocycles. The molecule has 0 saturated carbocycles. The van der Waals surface area contributed by atoms with Crippen LogP contribution >= 0.6 is 0 Å². The highest BCUT2D eigenvalue weighted by molar-refractivity contribution is 5.64. The molecule has 0 amide bonds. The minimum Gasteiger partial charge on any atom is -0.497 e. The number of hydrogen-bond donors (Lipinski definition) is 1. The number of benzene rings is 2. The Morgan fingerprint density at radius 1 is 1.20 bits per heavy atom. The van der Waals surface area contributed by atoms with E-state index in [2.05, 4.69) is 5.32 Å². The second kappa shape index (κ2) is 6.06. The molecule has 20 heavy (non-hydrogen) atoms. The van der Waals surface area contributed by atoms with Crippen LogP contribution in [0.15, 0.2) is 42.5 Å². The minimum absolute atomic E-state index is 0.0397. The van der Waals surface area contributed by atoms with E-state index in [4.69, 9.17) is 4.74 Å². The van der Waals surface area contributed by atoms with Crippen LogP contribution in [-0.2, 0) is 6.54 Å². The average molecular weight is 272 g/mol. The van der Waals surface area contributed by atoms with E-state index in [0.29, 0.717) is 18.0 Å². The lowest BCUT2D eigenvalue weighted by Gasteiger charge is -2.09. The molecule has 2 rings (SSSR count). The predicted molar refractivity (Wildman–Crippen MR) is 78.2 cm³/mol. The van der Waals surface area contributed by atoms with Crippen molar-refractivity contribution in [1.82, 2.24) is 0 Å². The van der Waals surface area contributed by atoms with Gasteiger partial charge in [-0.15, -0.1) is 0 Å². The van der Waals surface area contributed by atoms with E-state index >= 15 is 0 Å². The Hall–Kier alpha value is -2.56. The van der Waals surface area contributed by atoms with E-state index in [1.165, 1.54) is 18.7 Å². The zero-order chi connectivity index (χ0) is 14.5. The predicted octanol–water partition coefficient (Wildman–Crippen LogP) is 3.52. The second-order valence-corrected chi connectivity index (χ2v) is 4.48. The number of nitrogens with one attached hydrogen (secondary N) is 1. The molecule has 2 aromatic carbocycles. The number of nitro groups is 1. The molecule has 0 spiro atoms. The fourth-order valence-corrected chi connectivity index (χ4v) is 1.85. The highest BCUT2D eigenvalue weighted by atomic mass is 16.6. The van der Waals surface area contributed by atoms with Crippen LogP contribution in [0.25, 0.3) is 0 Å². The van der Waals surface area contributed by atoms with Crippen LogP contribution in [0.4, 0.5) is 11.4 Å². The topological polar surface area (TPSA) is 64.4 Å². The smallest absolute Gasteiger partial charge is 0.292 e. The van der Waals surface area contributed by atoms with Crippen molar-refractivity contribution >= 4 is 11.4 Å². The van der Waals surface area contributed by atoms with Crippen molar-refractivity contribution in [1.29, 1.82) is 0 Å². The number of hydrogen-bond acceptors (Lipinski definition) is 4. The summed E-state index contributed by atoms with van der Waals surface area (Å²) < 4.78 is 5.09. The van der Waals surface area contributed by atoms with E-state index in [1.54, 1.807) is 12.1 Å². The van der Waals surface area contributed by atoms with Gasteiger partial charge in [-0.1, -0.05) is 29.8 Å². The number of methoxy groups -OCH3 is 1.